The van der Waals surface area contributed by atoms with Gasteiger partial charge in [0.1, 0.15) is 0 Å². The molecule has 2 heterocycles. The number of nitrogens with two attached hydrogens (primary N) is 2. The molecule has 0 saturated heterocycles. The van der Waals surface area contributed by atoms with Gasteiger partial charge in [0.15, 0.2) is 11.9 Å². The number of nitrogens with zero attached hydrogens (tertiary/aromatic N) is 4. The molecule has 4 N–H and O–H groups in total. The van der Waals surface area contributed by atoms with E-state index in [9.17, 15) is 0 Å². The second kappa shape index (κ2) is 9.65. The first-order chi connectivity index (χ1) is 13.1. The summed E-state index contributed by atoms with van der Waals surface area (Å²) in [6.45, 7) is 8.61. The van der Waals surface area contributed by atoms with Gasteiger partial charge in [-0.15, -0.1) is 0 Å². The predicted molar refractivity (Wildman–Crippen MR) is 114 cm³/mol. The lowest BCUT2D eigenvalue weighted by molar-refractivity contribution is 0.211. The Kier molecular flexibility index (Phi) is 7.25. The summed E-state index contributed by atoms with van der Waals surface area (Å²) in [5.41, 5.74) is 12.3. The zero-order valence-electron chi connectivity index (χ0n) is 17.4. The maximum absolute atomic E-state index is 6.22. The van der Waals surface area contributed by atoms with Crippen molar-refractivity contribution in [3.8, 4) is 0 Å². The van der Waals surface area contributed by atoms with Crippen LogP contribution < -0.4 is 11.5 Å². The van der Waals surface area contributed by atoms with Gasteiger partial charge >= 0.3 is 0 Å². The Balaban J connectivity index is 1.37. The Morgan fingerprint density at radius 1 is 1.04 bits per heavy atom. The van der Waals surface area contributed by atoms with Gasteiger partial charge in [-0.05, 0) is 50.4 Å². The van der Waals surface area contributed by atoms with E-state index in [1.54, 1.807) is 0 Å². The van der Waals surface area contributed by atoms with Gasteiger partial charge in [0.25, 0.3) is 0 Å². The molecule has 0 spiro atoms. The predicted octanol–water partition coefficient (Wildman–Crippen LogP) is 2.78. The minimum atomic E-state index is 0.409. The Bertz CT molecular complexity index is 523. The molecular weight excluding hydrogens is 336 g/mol. The topological polar surface area (TPSA) is 83.2 Å². The molecule has 6 nitrogen and oxygen atoms in total. The number of aliphatic imine (C=N–C) groups is 2. The lowest BCUT2D eigenvalue weighted by atomic mass is 9.82. The fraction of sp³-hybridized carbons (Fsp3) is 0.905. The van der Waals surface area contributed by atoms with E-state index in [4.69, 9.17) is 11.5 Å². The molecule has 2 aliphatic heterocycles. The molecule has 1 fully saturated rings. The molecule has 3 rings (SSSR count). The molecule has 0 aromatic heterocycles. The summed E-state index contributed by atoms with van der Waals surface area (Å²) in [5, 5.41) is 0. The molecule has 0 amide bonds. The van der Waals surface area contributed by atoms with Crippen LogP contribution in [0.5, 0.6) is 0 Å². The van der Waals surface area contributed by atoms with Crippen molar-refractivity contribution in [2.45, 2.75) is 83.7 Å². The van der Waals surface area contributed by atoms with E-state index < -0.39 is 0 Å². The average Bonchev–Trinajstić information content (AvgIpc) is 3.17. The van der Waals surface area contributed by atoms with Crippen molar-refractivity contribution in [2.24, 2.45) is 33.3 Å². The van der Waals surface area contributed by atoms with E-state index in [2.05, 4.69) is 33.6 Å². The molecule has 0 aromatic carbocycles. The van der Waals surface area contributed by atoms with Crippen LogP contribution in [0.25, 0.3) is 0 Å². The standard InChI is InChI=1S/C21H40N6/c1-3-6-18-15-26(21(23)25-18)12-5-4-7-19-13-24-20(22)27(19)14-17-10-8-16(2)9-11-17/h16-19H,3-15H2,1-2H3,(H2,22,24)(H2,23,25)/t16?,17?,18-,19+/m1/s1. The van der Waals surface area contributed by atoms with Crippen molar-refractivity contribution in [3.63, 3.8) is 0 Å². The molecule has 0 radical (unpaired) electrons. The monoisotopic (exact) mass is 376 g/mol. The Morgan fingerprint density at radius 3 is 2.56 bits per heavy atom. The normalized spacial score (nSPS) is 31.3. The zero-order valence-corrected chi connectivity index (χ0v) is 17.4. The van der Waals surface area contributed by atoms with E-state index in [0.717, 1.165) is 56.4 Å². The van der Waals surface area contributed by atoms with Gasteiger partial charge in [-0.3, -0.25) is 4.99 Å². The summed E-state index contributed by atoms with van der Waals surface area (Å²) in [6, 6.07) is 0.911. The van der Waals surface area contributed by atoms with Gasteiger partial charge < -0.3 is 21.3 Å². The SMILES string of the molecule is CCC[C@@H]1CN(CCCC[C@H]2CN=C(N)N2CC2CCC(C)CC2)C(N)=N1. The first kappa shape index (κ1) is 20.3. The molecule has 3 aliphatic rings. The maximum atomic E-state index is 6.22. The highest BCUT2D eigenvalue weighted by molar-refractivity contribution is 5.80. The molecule has 27 heavy (non-hydrogen) atoms. The summed E-state index contributed by atoms with van der Waals surface area (Å²) in [6.07, 6.45) is 11.3. The summed E-state index contributed by atoms with van der Waals surface area (Å²) in [5.74, 6) is 3.22. The van der Waals surface area contributed by atoms with Crippen LogP contribution in [0.3, 0.4) is 0 Å². The van der Waals surface area contributed by atoms with Crippen LogP contribution in [0.1, 0.15) is 71.6 Å². The van der Waals surface area contributed by atoms with Gasteiger partial charge in [-0.25, -0.2) is 4.99 Å². The van der Waals surface area contributed by atoms with Crippen LogP contribution in [0.2, 0.25) is 0 Å². The molecule has 1 aliphatic carbocycles. The molecule has 0 unspecified atom stereocenters. The molecule has 0 bridgehead atoms. The summed E-state index contributed by atoms with van der Waals surface area (Å²) < 4.78 is 0. The number of hydrogen-bond donors (Lipinski definition) is 2. The minimum absolute atomic E-state index is 0.409. The fourth-order valence-corrected chi connectivity index (χ4v) is 4.89. The third kappa shape index (κ3) is 5.52. The number of hydrogen-bond acceptors (Lipinski definition) is 6. The average molecular weight is 377 g/mol. The van der Waals surface area contributed by atoms with Crippen molar-refractivity contribution in [1.82, 2.24) is 9.80 Å². The van der Waals surface area contributed by atoms with E-state index in [0.29, 0.717) is 12.1 Å². The summed E-state index contributed by atoms with van der Waals surface area (Å²) >= 11 is 0. The largest absolute Gasteiger partial charge is 0.370 e. The van der Waals surface area contributed by atoms with Crippen LogP contribution in [0.15, 0.2) is 9.98 Å². The minimum Gasteiger partial charge on any atom is -0.370 e. The zero-order chi connectivity index (χ0) is 19.2. The van der Waals surface area contributed by atoms with E-state index in [-0.39, 0.29) is 0 Å². The highest BCUT2D eigenvalue weighted by Crippen LogP contribution is 2.30. The second-order valence-corrected chi connectivity index (χ2v) is 9.00. The van der Waals surface area contributed by atoms with Crippen molar-refractivity contribution in [1.29, 1.82) is 0 Å². The van der Waals surface area contributed by atoms with Crippen LogP contribution in [-0.4, -0.2) is 60.0 Å². The van der Waals surface area contributed by atoms with E-state index in [1.807, 2.05) is 0 Å². The number of unbranched alkanes of at least 4 members (excludes halogenated alkanes) is 1. The van der Waals surface area contributed by atoms with Crippen molar-refractivity contribution in [3.05, 3.63) is 0 Å². The van der Waals surface area contributed by atoms with E-state index in [1.165, 1.54) is 51.4 Å². The smallest absolute Gasteiger partial charge is 0.191 e. The van der Waals surface area contributed by atoms with Crippen LogP contribution >= 0.6 is 0 Å². The molecule has 154 valence electrons. The Hall–Kier alpha value is -1.46. The third-order valence-corrected chi connectivity index (χ3v) is 6.70. The molecule has 1 saturated carbocycles. The Morgan fingerprint density at radius 2 is 1.81 bits per heavy atom. The highest BCUT2D eigenvalue weighted by atomic mass is 15.3. The van der Waals surface area contributed by atoms with Gasteiger partial charge in [-0.1, -0.05) is 33.1 Å². The fourth-order valence-electron chi connectivity index (χ4n) is 4.89. The van der Waals surface area contributed by atoms with Crippen LogP contribution in [-0.2, 0) is 0 Å². The van der Waals surface area contributed by atoms with Crippen LogP contribution in [0, 0.1) is 11.8 Å². The highest BCUT2D eigenvalue weighted by Gasteiger charge is 2.29. The third-order valence-electron chi connectivity index (χ3n) is 6.70. The van der Waals surface area contributed by atoms with Crippen molar-refractivity contribution >= 4 is 11.9 Å². The van der Waals surface area contributed by atoms with Gasteiger partial charge in [0.05, 0.1) is 18.6 Å². The quantitative estimate of drug-likeness (QED) is 0.606. The number of guanidine groups is 2. The van der Waals surface area contributed by atoms with Gasteiger partial charge in [0.2, 0.25) is 0 Å². The molecule has 6 heteroatoms. The lowest BCUT2D eigenvalue weighted by Crippen LogP contribution is -2.44. The molecule has 0 aromatic rings. The van der Waals surface area contributed by atoms with Crippen molar-refractivity contribution < 1.29 is 0 Å². The summed E-state index contributed by atoms with van der Waals surface area (Å²) in [4.78, 5) is 13.8. The lowest BCUT2D eigenvalue weighted by Gasteiger charge is -2.33. The summed E-state index contributed by atoms with van der Waals surface area (Å²) in [7, 11) is 0. The Labute approximate surface area is 165 Å². The molecular formula is C21H40N6. The first-order valence-corrected chi connectivity index (χ1v) is 11.2. The number of rotatable bonds is 9. The van der Waals surface area contributed by atoms with Crippen LogP contribution in [0.4, 0.5) is 0 Å². The molecule has 2 atom stereocenters. The maximum Gasteiger partial charge on any atom is 0.191 e. The van der Waals surface area contributed by atoms with E-state index >= 15 is 0 Å². The second-order valence-electron chi connectivity index (χ2n) is 9.00. The van der Waals surface area contributed by atoms with Crippen molar-refractivity contribution in [2.75, 3.05) is 26.2 Å². The van der Waals surface area contributed by atoms with Gasteiger partial charge in [-0.2, -0.15) is 0 Å². The van der Waals surface area contributed by atoms with Gasteiger partial charge in [0, 0.05) is 19.6 Å². The first-order valence-electron chi connectivity index (χ1n) is 11.2.